The number of nitrogens with one attached hydrogen (secondary N) is 2. The van der Waals surface area contributed by atoms with Crippen LogP contribution in [-0.4, -0.2) is 11.7 Å². The van der Waals surface area contributed by atoms with Crippen LogP contribution >= 0.6 is 12.2 Å². The molecular formula is C12H14N2S. The molecule has 0 heterocycles. The lowest BCUT2D eigenvalue weighted by atomic mass is 10.1. The van der Waals surface area contributed by atoms with E-state index in [0.29, 0.717) is 11.7 Å². The van der Waals surface area contributed by atoms with Crippen LogP contribution in [0, 0.1) is 12.3 Å². The van der Waals surface area contributed by atoms with Gasteiger partial charge in [0.2, 0.25) is 0 Å². The van der Waals surface area contributed by atoms with Crippen molar-refractivity contribution in [1.29, 1.82) is 0 Å². The molecule has 0 atom stereocenters. The quantitative estimate of drug-likeness (QED) is 0.600. The van der Waals surface area contributed by atoms with Gasteiger partial charge in [-0.25, -0.2) is 0 Å². The van der Waals surface area contributed by atoms with Crippen molar-refractivity contribution in [3.05, 3.63) is 29.8 Å². The Morgan fingerprint density at radius 3 is 2.87 bits per heavy atom. The summed E-state index contributed by atoms with van der Waals surface area (Å²) in [5, 5.41) is 6.60. The molecule has 1 aromatic carbocycles. The number of aryl methyl sites for hydroxylation is 1. The van der Waals surface area contributed by atoms with Crippen molar-refractivity contribution < 1.29 is 0 Å². The van der Waals surface area contributed by atoms with E-state index in [1.165, 1.54) is 5.56 Å². The van der Waals surface area contributed by atoms with Gasteiger partial charge in [-0.3, -0.25) is 0 Å². The van der Waals surface area contributed by atoms with Gasteiger partial charge in [0.15, 0.2) is 5.11 Å². The fourth-order valence-electron chi connectivity index (χ4n) is 1.25. The van der Waals surface area contributed by atoms with E-state index in [2.05, 4.69) is 29.5 Å². The van der Waals surface area contributed by atoms with E-state index < -0.39 is 0 Å². The molecule has 0 bridgehead atoms. The van der Waals surface area contributed by atoms with Crippen molar-refractivity contribution in [3.63, 3.8) is 0 Å². The number of benzene rings is 1. The van der Waals surface area contributed by atoms with Crippen LogP contribution in [0.2, 0.25) is 0 Å². The molecular weight excluding hydrogens is 204 g/mol. The van der Waals surface area contributed by atoms with Gasteiger partial charge in [0.25, 0.3) is 0 Å². The maximum Gasteiger partial charge on any atom is 0.171 e. The van der Waals surface area contributed by atoms with E-state index in [-0.39, 0.29) is 0 Å². The molecule has 0 radical (unpaired) electrons. The molecule has 15 heavy (non-hydrogen) atoms. The van der Waals surface area contributed by atoms with Crippen molar-refractivity contribution in [2.45, 2.75) is 13.3 Å². The van der Waals surface area contributed by atoms with Gasteiger partial charge < -0.3 is 10.6 Å². The molecule has 2 N–H and O–H groups in total. The number of hydrogen-bond acceptors (Lipinski definition) is 1. The monoisotopic (exact) mass is 218 g/mol. The van der Waals surface area contributed by atoms with E-state index >= 15 is 0 Å². The average Bonchev–Trinajstić information content (AvgIpc) is 2.27. The molecule has 0 aliphatic carbocycles. The summed E-state index contributed by atoms with van der Waals surface area (Å²) in [6, 6.07) is 8.07. The highest BCUT2D eigenvalue weighted by Crippen LogP contribution is 2.14. The minimum Gasteiger partial charge on any atom is -0.352 e. The van der Waals surface area contributed by atoms with Gasteiger partial charge >= 0.3 is 0 Å². The van der Waals surface area contributed by atoms with E-state index in [9.17, 15) is 0 Å². The molecule has 1 aromatic rings. The van der Waals surface area contributed by atoms with Crippen molar-refractivity contribution in [3.8, 4) is 12.3 Å². The van der Waals surface area contributed by atoms with Crippen molar-refractivity contribution in [2.75, 3.05) is 11.9 Å². The lowest BCUT2D eigenvalue weighted by molar-refractivity contribution is 1.08. The number of hydrogen-bond donors (Lipinski definition) is 2. The summed E-state index contributed by atoms with van der Waals surface area (Å²) < 4.78 is 0. The van der Waals surface area contributed by atoms with Crippen LogP contribution in [0.3, 0.4) is 0 Å². The van der Waals surface area contributed by atoms with E-state index in [0.717, 1.165) is 12.1 Å². The maximum atomic E-state index is 5.13. The van der Waals surface area contributed by atoms with Gasteiger partial charge in [-0.15, -0.1) is 6.42 Å². The van der Waals surface area contributed by atoms with Gasteiger partial charge in [-0.2, -0.15) is 0 Å². The topological polar surface area (TPSA) is 24.1 Å². The third kappa shape index (κ3) is 3.61. The predicted molar refractivity (Wildman–Crippen MR) is 68.9 cm³/mol. The first-order valence-corrected chi connectivity index (χ1v) is 5.25. The minimum atomic E-state index is 0.445. The zero-order valence-electron chi connectivity index (χ0n) is 8.71. The third-order valence-corrected chi connectivity index (χ3v) is 2.24. The summed E-state index contributed by atoms with van der Waals surface area (Å²) in [4.78, 5) is 0. The Morgan fingerprint density at radius 2 is 2.20 bits per heavy atom. The van der Waals surface area contributed by atoms with Crippen LogP contribution in [0.4, 0.5) is 5.69 Å². The fraction of sp³-hybridized carbons (Fsp3) is 0.250. The highest BCUT2D eigenvalue weighted by molar-refractivity contribution is 7.80. The zero-order chi connectivity index (χ0) is 11.1. The highest BCUT2D eigenvalue weighted by Gasteiger charge is 2.00. The Kier molecular flexibility index (Phi) is 4.65. The van der Waals surface area contributed by atoms with E-state index in [4.69, 9.17) is 18.6 Å². The number of rotatable bonds is 3. The minimum absolute atomic E-state index is 0.445. The second kappa shape index (κ2) is 6.05. The largest absolute Gasteiger partial charge is 0.352 e. The van der Waals surface area contributed by atoms with Crippen molar-refractivity contribution in [2.24, 2.45) is 0 Å². The zero-order valence-corrected chi connectivity index (χ0v) is 9.53. The van der Waals surface area contributed by atoms with Gasteiger partial charge in [0.1, 0.15) is 0 Å². The summed E-state index contributed by atoms with van der Waals surface area (Å²) in [6.07, 6.45) is 6.10. The summed E-state index contributed by atoms with van der Waals surface area (Å²) in [5.74, 6) is 2.47. The molecule has 0 amide bonds. The molecule has 0 fully saturated rings. The molecule has 0 aliphatic heterocycles. The summed E-state index contributed by atoms with van der Waals surface area (Å²) in [5.41, 5.74) is 2.27. The third-order valence-electron chi connectivity index (χ3n) is 2.00. The normalized spacial score (nSPS) is 9.07. The lowest BCUT2D eigenvalue weighted by Crippen LogP contribution is -2.28. The molecule has 78 valence electrons. The number of anilines is 1. The van der Waals surface area contributed by atoms with Crippen LogP contribution in [-0.2, 0) is 6.42 Å². The first-order valence-electron chi connectivity index (χ1n) is 4.84. The van der Waals surface area contributed by atoms with Crippen molar-refractivity contribution in [1.82, 2.24) is 5.32 Å². The SMILES string of the molecule is C#CCNC(=S)Nc1ccccc1CC. The molecule has 3 heteroatoms. The Bertz CT molecular complexity index is 379. The highest BCUT2D eigenvalue weighted by atomic mass is 32.1. The standard InChI is InChI=1S/C12H14N2S/c1-3-9-13-12(15)14-11-8-6-5-7-10(11)4-2/h1,5-8H,4,9H2,2H3,(H2,13,14,15). The van der Waals surface area contributed by atoms with Crippen molar-refractivity contribution >= 4 is 23.0 Å². The number of thiocarbonyl (C=S) groups is 1. The maximum absolute atomic E-state index is 5.13. The predicted octanol–water partition coefficient (Wildman–Crippen LogP) is 2.17. The molecule has 0 unspecified atom stereocenters. The molecule has 0 saturated heterocycles. The Labute approximate surface area is 96.1 Å². The molecule has 0 aliphatic rings. The van der Waals surface area contributed by atoms with Crippen LogP contribution in [0.15, 0.2) is 24.3 Å². The van der Waals surface area contributed by atoms with Crippen LogP contribution < -0.4 is 10.6 Å². The number of terminal acetylenes is 1. The van der Waals surface area contributed by atoms with Crippen LogP contribution in [0.1, 0.15) is 12.5 Å². The van der Waals surface area contributed by atoms with Gasteiger partial charge in [0, 0.05) is 5.69 Å². The first-order chi connectivity index (χ1) is 7.27. The molecule has 1 rings (SSSR count). The Morgan fingerprint density at radius 1 is 1.47 bits per heavy atom. The van der Waals surface area contributed by atoms with E-state index in [1.54, 1.807) is 0 Å². The Hall–Kier alpha value is -1.53. The van der Waals surface area contributed by atoms with Gasteiger partial charge in [-0.1, -0.05) is 31.0 Å². The second-order valence-corrected chi connectivity index (χ2v) is 3.43. The average molecular weight is 218 g/mol. The second-order valence-electron chi connectivity index (χ2n) is 3.02. The van der Waals surface area contributed by atoms with Gasteiger partial charge in [0.05, 0.1) is 6.54 Å². The van der Waals surface area contributed by atoms with E-state index in [1.807, 2.05) is 18.2 Å². The molecule has 0 aromatic heterocycles. The summed E-state index contributed by atoms with van der Waals surface area (Å²) in [6.45, 7) is 2.55. The first kappa shape index (κ1) is 11.5. The Balaban J connectivity index is 2.64. The lowest BCUT2D eigenvalue weighted by Gasteiger charge is -2.11. The molecule has 0 spiro atoms. The molecule has 0 saturated carbocycles. The van der Waals surface area contributed by atoms with Crippen LogP contribution in [0.25, 0.3) is 0 Å². The van der Waals surface area contributed by atoms with Crippen LogP contribution in [0.5, 0.6) is 0 Å². The summed E-state index contributed by atoms with van der Waals surface area (Å²) in [7, 11) is 0. The summed E-state index contributed by atoms with van der Waals surface area (Å²) >= 11 is 5.09. The molecule has 2 nitrogen and oxygen atoms in total. The van der Waals surface area contributed by atoms with Gasteiger partial charge in [-0.05, 0) is 30.3 Å². The fourth-order valence-corrected chi connectivity index (χ4v) is 1.43. The number of para-hydroxylation sites is 1. The smallest absolute Gasteiger partial charge is 0.171 e.